The van der Waals surface area contributed by atoms with Crippen molar-refractivity contribution in [1.29, 1.82) is 0 Å². The fourth-order valence-corrected chi connectivity index (χ4v) is 3.52. The van der Waals surface area contributed by atoms with Crippen molar-refractivity contribution in [2.75, 3.05) is 38.6 Å². The number of aryl methyl sites for hydroxylation is 2. The summed E-state index contributed by atoms with van der Waals surface area (Å²) in [6, 6.07) is 5.78. The number of ether oxygens (including phenoxy) is 1. The Hall–Kier alpha value is -1.90. The van der Waals surface area contributed by atoms with Crippen LogP contribution in [0.2, 0.25) is 0 Å². The van der Waals surface area contributed by atoms with Gasteiger partial charge in [-0.05, 0) is 32.0 Å². The minimum atomic E-state index is -0.0401. The zero-order valence-corrected chi connectivity index (χ0v) is 15.9. The Bertz CT molecular complexity index is 731. The molecule has 8 heteroatoms. The van der Waals surface area contributed by atoms with Gasteiger partial charge in [-0.2, -0.15) is 0 Å². The van der Waals surface area contributed by atoms with Crippen LogP contribution in [0.15, 0.2) is 34.0 Å². The molecule has 1 atom stereocenters. The van der Waals surface area contributed by atoms with E-state index >= 15 is 0 Å². The molecule has 1 aliphatic rings. The van der Waals surface area contributed by atoms with Gasteiger partial charge in [0, 0.05) is 31.5 Å². The van der Waals surface area contributed by atoms with E-state index in [1.807, 2.05) is 32.0 Å². The van der Waals surface area contributed by atoms with Crippen LogP contribution in [0.5, 0.6) is 0 Å². The Labute approximate surface area is 157 Å². The maximum absolute atomic E-state index is 12.3. The number of morpholine rings is 1. The Morgan fingerprint density at radius 1 is 1.31 bits per heavy atom. The summed E-state index contributed by atoms with van der Waals surface area (Å²) < 4.78 is 11.3. The molecule has 2 aromatic rings. The van der Waals surface area contributed by atoms with Crippen molar-refractivity contribution in [3.63, 3.8) is 0 Å². The first-order chi connectivity index (χ1) is 12.6. The first-order valence-electron chi connectivity index (χ1n) is 8.69. The molecule has 0 unspecified atom stereocenters. The van der Waals surface area contributed by atoms with E-state index in [0.29, 0.717) is 24.9 Å². The number of rotatable bonds is 7. The van der Waals surface area contributed by atoms with Crippen molar-refractivity contribution in [3.8, 4) is 0 Å². The van der Waals surface area contributed by atoms with Crippen LogP contribution in [0.25, 0.3) is 0 Å². The number of nitrogens with zero attached hydrogens (tertiary/aromatic N) is 3. The van der Waals surface area contributed by atoms with Crippen molar-refractivity contribution >= 4 is 17.7 Å². The highest BCUT2D eigenvalue weighted by Gasteiger charge is 2.25. The van der Waals surface area contributed by atoms with Crippen LogP contribution in [-0.4, -0.2) is 59.4 Å². The highest BCUT2D eigenvalue weighted by molar-refractivity contribution is 7.99. The van der Waals surface area contributed by atoms with Crippen LogP contribution >= 0.6 is 11.8 Å². The zero-order valence-electron chi connectivity index (χ0n) is 15.1. The van der Waals surface area contributed by atoms with Crippen LogP contribution in [0.3, 0.4) is 0 Å². The van der Waals surface area contributed by atoms with Gasteiger partial charge < -0.3 is 14.5 Å². The van der Waals surface area contributed by atoms with E-state index in [1.165, 1.54) is 11.8 Å². The molecule has 1 N–H and O–H groups in total. The standard InChI is InChI=1S/C18H24N4O3S/c1-13-5-6-19-18(21-13)26-12-17(23)20-11-15(16-4-3-14(2)25-16)22-7-9-24-10-8-22/h3-6,15H,7-12H2,1-2H3,(H,20,23)/t15-/m1/s1. The average molecular weight is 376 g/mol. The quantitative estimate of drug-likeness (QED) is 0.584. The third-order valence-electron chi connectivity index (χ3n) is 4.17. The topological polar surface area (TPSA) is 80.5 Å². The number of thioether (sulfide) groups is 1. The third kappa shape index (κ3) is 5.30. The maximum Gasteiger partial charge on any atom is 0.230 e. The van der Waals surface area contributed by atoms with Crippen molar-refractivity contribution in [2.24, 2.45) is 0 Å². The van der Waals surface area contributed by atoms with Crippen molar-refractivity contribution in [3.05, 3.63) is 41.6 Å². The number of nitrogens with one attached hydrogen (secondary N) is 1. The van der Waals surface area contributed by atoms with E-state index in [2.05, 4.69) is 20.2 Å². The molecule has 3 rings (SSSR count). The minimum Gasteiger partial charge on any atom is -0.465 e. The van der Waals surface area contributed by atoms with Crippen molar-refractivity contribution in [2.45, 2.75) is 25.0 Å². The number of furan rings is 1. The predicted octanol–water partition coefficient (Wildman–Crippen LogP) is 1.97. The summed E-state index contributed by atoms with van der Waals surface area (Å²) in [4.78, 5) is 23.0. The lowest BCUT2D eigenvalue weighted by atomic mass is 10.1. The molecular weight excluding hydrogens is 352 g/mol. The maximum atomic E-state index is 12.3. The lowest BCUT2D eigenvalue weighted by molar-refractivity contribution is -0.118. The van der Waals surface area contributed by atoms with E-state index < -0.39 is 0 Å². The van der Waals surface area contributed by atoms with Gasteiger partial charge >= 0.3 is 0 Å². The number of hydrogen-bond acceptors (Lipinski definition) is 7. The molecule has 0 radical (unpaired) electrons. The highest BCUT2D eigenvalue weighted by atomic mass is 32.2. The summed E-state index contributed by atoms with van der Waals surface area (Å²) >= 11 is 1.34. The van der Waals surface area contributed by atoms with Crippen LogP contribution in [0, 0.1) is 13.8 Å². The highest BCUT2D eigenvalue weighted by Crippen LogP contribution is 2.23. The molecule has 1 aliphatic heterocycles. The second kappa shape index (κ2) is 9.16. The third-order valence-corrected chi connectivity index (χ3v) is 5.04. The summed E-state index contributed by atoms with van der Waals surface area (Å²) in [5, 5.41) is 3.63. The SMILES string of the molecule is Cc1ccnc(SCC(=O)NC[C@H](c2ccc(C)o2)N2CCOCC2)n1. The molecule has 2 aromatic heterocycles. The number of carbonyl (C=O) groups excluding carboxylic acids is 1. The van der Waals surface area contributed by atoms with E-state index in [-0.39, 0.29) is 17.7 Å². The fourth-order valence-electron chi connectivity index (χ4n) is 2.82. The molecule has 0 spiro atoms. The Balaban J connectivity index is 1.55. The van der Waals surface area contributed by atoms with E-state index in [0.717, 1.165) is 30.3 Å². The first-order valence-corrected chi connectivity index (χ1v) is 9.67. The Morgan fingerprint density at radius 2 is 2.12 bits per heavy atom. The largest absolute Gasteiger partial charge is 0.465 e. The molecule has 140 valence electrons. The lowest BCUT2D eigenvalue weighted by Gasteiger charge is -2.33. The van der Waals surface area contributed by atoms with Crippen LogP contribution in [0.4, 0.5) is 0 Å². The van der Waals surface area contributed by atoms with Crippen LogP contribution < -0.4 is 5.32 Å². The van der Waals surface area contributed by atoms with E-state index in [4.69, 9.17) is 9.15 Å². The summed E-state index contributed by atoms with van der Waals surface area (Å²) in [7, 11) is 0. The molecule has 1 amide bonds. The second-order valence-electron chi connectivity index (χ2n) is 6.19. The van der Waals surface area contributed by atoms with E-state index in [9.17, 15) is 4.79 Å². The molecule has 3 heterocycles. The first kappa shape index (κ1) is 18.9. The summed E-state index contributed by atoms with van der Waals surface area (Å²) in [6.45, 7) is 7.38. The minimum absolute atomic E-state index is 0.0109. The van der Waals surface area contributed by atoms with Crippen molar-refractivity contribution < 1.29 is 13.9 Å². The summed E-state index contributed by atoms with van der Waals surface area (Å²) in [5.74, 6) is 1.99. The number of amides is 1. The predicted molar refractivity (Wildman–Crippen MR) is 99.1 cm³/mol. The van der Waals surface area contributed by atoms with Gasteiger partial charge in [0.1, 0.15) is 11.5 Å². The van der Waals surface area contributed by atoms with Crippen LogP contribution in [0.1, 0.15) is 23.3 Å². The van der Waals surface area contributed by atoms with Crippen molar-refractivity contribution in [1.82, 2.24) is 20.2 Å². The van der Waals surface area contributed by atoms with Gasteiger partial charge in [-0.1, -0.05) is 11.8 Å². The molecule has 0 bridgehead atoms. The van der Waals surface area contributed by atoms with Gasteiger partial charge in [-0.3, -0.25) is 9.69 Å². The number of carbonyl (C=O) groups is 1. The molecule has 7 nitrogen and oxygen atoms in total. The van der Waals surface area contributed by atoms with Gasteiger partial charge in [0.05, 0.1) is 25.0 Å². The number of aromatic nitrogens is 2. The normalized spacial score (nSPS) is 16.4. The molecule has 0 aromatic carbocycles. The second-order valence-corrected chi connectivity index (χ2v) is 7.13. The van der Waals surface area contributed by atoms with Crippen LogP contribution in [-0.2, 0) is 9.53 Å². The van der Waals surface area contributed by atoms with Gasteiger partial charge in [0.25, 0.3) is 0 Å². The van der Waals surface area contributed by atoms with Gasteiger partial charge in [-0.25, -0.2) is 9.97 Å². The molecule has 26 heavy (non-hydrogen) atoms. The fraction of sp³-hybridized carbons (Fsp3) is 0.500. The smallest absolute Gasteiger partial charge is 0.230 e. The van der Waals surface area contributed by atoms with E-state index in [1.54, 1.807) is 6.20 Å². The van der Waals surface area contributed by atoms with Gasteiger partial charge in [0.15, 0.2) is 5.16 Å². The summed E-state index contributed by atoms with van der Waals surface area (Å²) in [5.41, 5.74) is 0.892. The molecule has 1 saturated heterocycles. The molecule has 0 aliphatic carbocycles. The molecular formula is C18H24N4O3S. The molecule has 1 fully saturated rings. The van der Waals surface area contributed by atoms with Gasteiger partial charge in [0.2, 0.25) is 5.91 Å². The van der Waals surface area contributed by atoms with Gasteiger partial charge in [-0.15, -0.1) is 0 Å². The summed E-state index contributed by atoms with van der Waals surface area (Å²) in [6.07, 6.45) is 1.70. The lowest BCUT2D eigenvalue weighted by Crippen LogP contribution is -2.44. The Kier molecular flexibility index (Phi) is 6.65. The zero-order chi connectivity index (χ0) is 18.4. The monoisotopic (exact) mass is 376 g/mol. The Morgan fingerprint density at radius 3 is 2.81 bits per heavy atom. The average Bonchev–Trinajstić information content (AvgIpc) is 3.07. The molecule has 0 saturated carbocycles. The number of hydrogen-bond donors (Lipinski definition) is 1.